The average Bonchev–Trinajstić information content (AvgIpc) is 2.65. The third-order valence-corrected chi connectivity index (χ3v) is 4.42. The van der Waals surface area contributed by atoms with Crippen molar-refractivity contribution in [3.63, 3.8) is 0 Å². The molecule has 0 aliphatic rings. The summed E-state index contributed by atoms with van der Waals surface area (Å²) in [5.41, 5.74) is -2.11. The predicted octanol–water partition coefficient (Wildman–Crippen LogP) is -0.546. The second kappa shape index (κ2) is 9.51. The van der Waals surface area contributed by atoms with Gasteiger partial charge in [-0.3, -0.25) is 9.59 Å². The van der Waals surface area contributed by atoms with Crippen molar-refractivity contribution in [2.75, 3.05) is 6.61 Å². The number of hydrogen-bond acceptors (Lipinski definition) is 7. The highest BCUT2D eigenvalue weighted by Crippen LogP contribution is 2.30. The minimum atomic E-state index is -4.60. The molecule has 1 aromatic heterocycles. The first-order valence-electron chi connectivity index (χ1n) is 8.94. The Bertz CT molecular complexity index is 949. The number of aliphatic hydroxyl groups is 4. The number of benzene rings is 1. The highest BCUT2D eigenvalue weighted by atomic mass is 19.4. The number of amides is 1. The lowest BCUT2D eigenvalue weighted by Gasteiger charge is -2.29. The van der Waals surface area contributed by atoms with Crippen LogP contribution in [0.3, 0.4) is 0 Å². The number of aliphatic hydroxyl groups excluding tert-OH is 4. The number of nitrogens with one attached hydrogen (secondary N) is 2. The van der Waals surface area contributed by atoms with Crippen LogP contribution in [0.25, 0.3) is 11.0 Å². The quantitative estimate of drug-likeness (QED) is 0.326. The fourth-order valence-corrected chi connectivity index (χ4v) is 2.95. The van der Waals surface area contributed by atoms with E-state index in [1.54, 1.807) is 0 Å². The molecule has 0 aliphatic carbocycles. The number of aromatic amines is 1. The molecule has 2 aromatic rings. The van der Waals surface area contributed by atoms with E-state index in [1.165, 1.54) is 0 Å². The highest BCUT2D eigenvalue weighted by molar-refractivity contribution is 5.75. The molecule has 0 bridgehead atoms. The summed E-state index contributed by atoms with van der Waals surface area (Å²) in [6, 6.07) is 1.31. The van der Waals surface area contributed by atoms with Crippen LogP contribution in [0.15, 0.2) is 23.0 Å². The van der Waals surface area contributed by atoms with Gasteiger partial charge in [-0.2, -0.15) is 13.2 Å². The topological polar surface area (TPSA) is 156 Å². The minimum absolute atomic E-state index is 0.0529. The van der Waals surface area contributed by atoms with Crippen LogP contribution in [0.1, 0.15) is 24.6 Å². The first kappa shape index (κ1) is 23.7. The lowest BCUT2D eigenvalue weighted by molar-refractivity contribution is -0.137. The molecule has 0 spiro atoms. The third kappa shape index (κ3) is 5.98. The van der Waals surface area contributed by atoms with Gasteiger partial charge in [0.2, 0.25) is 5.91 Å². The normalized spacial score (nSPS) is 16.1. The van der Waals surface area contributed by atoms with E-state index < -0.39 is 60.6 Å². The predicted molar refractivity (Wildman–Crippen MR) is 98.4 cm³/mol. The maximum Gasteiger partial charge on any atom is 0.416 e. The zero-order chi connectivity index (χ0) is 22.6. The van der Waals surface area contributed by atoms with Gasteiger partial charge in [0.1, 0.15) is 5.69 Å². The van der Waals surface area contributed by atoms with Gasteiger partial charge in [0.25, 0.3) is 5.56 Å². The summed E-state index contributed by atoms with van der Waals surface area (Å²) in [4.78, 5) is 29.9. The van der Waals surface area contributed by atoms with Crippen LogP contribution in [0.4, 0.5) is 13.2 Å². The maximum atomic E-state index is 12.8. The molecule has 1 amide bonds. The van der Waals surface area contributed by atoms with Gasteiger partial charge in [0, 0.05) is 19.8 Å². The molecular formula is C18H22F3N3O6. The van der Waals surface area contributed by atoms with Gasteiger partial charge < -0.3 is 30.7 Å². The van der Waals surface area contributed by atoms with Crippen LogP contribution in [-0.2, 0) is 17.4 Å². The summed E-state index contributed by atoms with van der Waals surface area (Å²) < 4.78 is 38.4. The Morgan fingerprint density at radius 1 is 1.23 bits per heavy atom. The van der Waals surface area contributed by atoms with Gasteiger partial charge in [0.15, 0.2) is 0 Å². The molecule has 12 heteroatoms. The largest absolute Gasteiger partial charge is 0.416 e. The number of fused-ring (bicyclic) bond motifs is 1. The Balaban J connectivity index is 2.30. The Morgan fingerprint density at radius 2 is 1.90 bits per heavy atom. The summed E-state index contributed by atoms with van der Waals surface area (Å²) in [5.74, 6) is -0.600. The Morgan fingerprint density at radius 3 is 2.47 bits per heavy atom. The van der Waals surface area contributed by atoms with Crippen LogP contribution in [0.2, 0.25) is 0 Å². The maximum absolute atomic E-state index is 12.8. The van der Waals surface area contributed by atoms with Crippen molar-refractivity contribution in [1.82, 2.24) is 15.3 Å². The van der Waals surface area contributed by atoms with Gasteiger partial charge in [-0.1, -0.05) is 0 Å². The summed E-state index contributed by atoms with van der Waals surface area (Å²) in [6.07, 6.45) is -9.67. The molecule has 1 aromatic carbocycles. The lowest BCUT2D eigenvalue weighted by Crippen LogP contribution is -2.52. The van der Waals surface area contributed by atoms with E-state index in [1.807, 2.05) is 0 Å². The monoisotopic (exact) mass is 433 g/mol. The van der Waals surface area contributed by atoms with Crippen molar-refractivity contribution in [2.24, 2.45) is 0 Å². The lowest BCUT2D eigenvalue weighted by atomic mass is 9.96. The van der Waals surface area contributed by atoms with E-state index in [0.717, 1.165) is 25.1 Å². The van der Waals surface area contributed by atoms with Crippen molar-refractivity contribution >= 4 is 16.9 Å². The Hall–Kier alpha value is -2.54. The van der Waals surface area contributed by atoms with E-state index in [9.17, 15) is 38.1 Å². The number of aromatic nitrogens is 2. The standard InChI is InChI=1S/C18H22F3N3O6/c1-8(26)22-16(14(28)5-10(27)7-25)15(29)6-13-17(30)24-12-4-9(18(19,20)21)2-3-11(12)23-13/h2-4,10,14-16,25,27-29H,5-7H2,1H3,(H,22,26)(H,24,30)/t10-,14?,15+,16-/m0/s1. The first-order valence-corrected chi connectivity index (χ1v) is 8.94. The SMILES string of the molecule is CC(=O)N[C@@H](C(O)C[C@H](O)CO)[C@H](O)Cc1nc2ccc(C(F)(F)F)cc2[nH]c1=O. The molecule has 4 atom stereocenters. The van der Waals surface area contributed by atoms with Gasteiger partial charge in [-0.05, 0) is 18.2 Å². The fourth-order valence-electron chi connectivity index (χ4n) is 2.95. The average molecular weight is 433 g/mol. The number of halogens is 3. The van der Waals surface area contributed by atoms with Crippen molar-refractivity contribution < 1.29 is 38.4 Å². The van der Waals surface area contributed by atoms with Gasteiger partial charge in [-0.15, -0.1) is 0 Å². The van der Waals surface area contributed by atoms with E-state index in [4.69, 9.17) is 5.11 Å². The Kier molecular flexibility index (Phi) is 7.53. The molecule has 9 nitrogen and oxygen atoms in total. The zero-order valence-electron chi connectivity index (χ0n) is 15.8. The molecule has 0 aliphatic heterocycles. The summed E-state index contributed by atoms with van der Waals surface area (Å²) >= 11 is 0. The molecule has 1 heterocycles. The number of hydrogen-bond donors (Lipinski definition) is 6. The molecule has 1 unspecified atom stereocenters. The number of carbonyl (C=O) groups is 1. The summed E-state index contributed by atoms with van der Waals surface area (Å²) in [6.45, 7) is 0.486. The van der Waals surface area contributed by atoms with Gasteiger partial charge in [0.05, 0.1) is 47.6 Å². The first-order chi connectivity index (χ1) is 13.9. The molecule has 2 rings (SSSR count). The van der Waals surface area contributed by atoms with Crippen molar-refractivity contribution in [3.05, 3.63) is 39.8 Å². The smallest absolute Gasteiger partial charge is 0.394 e. The minimum Gasteiger partial charge on any atom is -0.394 e. The molecule has 0 fully saturated rings. The Labute approximate surface area is 168 Å². The number of carbonyl (C=O) groups excluding carboxylic acids is 1. The van der Waals surface area contributed by atoms with Crippen molar-refractivity contribution in [1.29, 1.82) is 0 Å². The second-order valence-corrected chi connectivity index (χ2v) is 6.88. The van der Waals surface area contributed by atoms with Gasteiger partial charge >= 0.3 is 6.18 Å². The molecular weight excluding hydrogens is 411 g/mol. The summed E-state index contributed by atoms with van der Waals surface area (Å²) in [7, 11) is 0. The van der Waals surface area contributed by atoms with Crippen molar-refractivity contribution in [3.8, 4) is 0 Å². The number of nitrogens with zero attached hydrogens (tertiary/aromatic N) is 1. The van der Waals surface area contributed by atoms with Crippen LogP contribution in [0, 0.1) is 0 Å². The third-order valence-electron chi connectivity index (χ3n) is 4.42. The molecule has 0 radical (unpaired) electrons. The van der Waals surface area contributed by atoms with E-state index in [0.29, 0.717) is 0 Å². The molecule has 30 heavy (non-hydrogen) atoms. The van der Waals surface area contributed by atoms with E-state index in [-0.39, 0.29) is 23.1 Å². The molecule has 0 saturated heterocycles. The summed E-state index contributed by atoms with van der Waals surface area (Å²) in [5, 5.41) is 41.3. The number of alkyl halides is 3. The molecule has 6 N–H and O–H groups in total. The van der Waals surface area contributed by atoms with Crippen LogP contribution < -0.4 is 10.9 Å². The van der Waals surface area contributed by atoms with E-state index in [2.05, 4.69) is 15.3 Å². The van der Waals surface area contributed by atoms with Gasteiger partial charge in [-0.25, -0.2) is 4.98 Å². The number of rotatable bonds is 8. The van der Waals surface area contributed by atoms with Crippen LogP contribution >= 0.6 is 0 Å². The van der Waals surface area contributed by atoms with Crippen LogP contribution in [-0.4, -0.2) is 67.3 Å². The van der Waals surface area contributed by atoms with E-state index >= 15 is 0 Å². The second-order valence-electron chi connectivity index (χ2n) is 6.88. The van der Waals surface area contributed by atoms with Crippen LogP contribution in [0.5, 0.6) is 0 Å². The molecule has 166 valence electrons. The zero-order valence-corrected chi connectivity index (χ0v) is 15.8. The highest BCUT2D eigenvalue weighted by Gasteiger charge is 2.32. The number of H-pyrrole nitrogens is 1. The van der Waals surface area contributed by atoms with Crippen molar-refractivity contribution in [2.45, 2.75) is 50.3 Å². The molecule has 0 saturated carbocycles. The fraction of sp³-hybridized carbons (Fsp3) is 0.500.